The summed E-state index contributed by atoms with van der Waals surface area (Å²) in [6.07, 6.45) is 4.06. The number of pyridine rings is 1. The van der Waals surface area contributed by atoms with Gasteiger partial charge in [0.05, 0.1) is 6.42 Å². The molecule has 28 heavy (non-hydrogen) atoms. The Morgan fingerprint density at radius 2 is 1.96 bits per heavy atom. The highest BCUT2D eigenvalue weighted by molar-refractivity contribution is 6.31. The number of halogens is 1. The van der Waals surface area contributed by atoms with E-state index in [0.29, 0.717) is 23.9 Å². The molecular weight excluding hydrogens is 378 g/mol. The van der Waals surface area contributed by atoms with Crippen LogP contribution in [0, 0.1) is 0 Å². The minimum absolute atomic E-state index is 0.155. The maximum absolute atomic E-state index is 12.7. The standard InChI is InChI=1S/C21H24ClN3O3/c1-2-21(8-11-28-12-9-21)25-20(27)18-14-16(7-10-23-18)24-19(26)13-15-5-3-4-6-17(15)22/h3-7,10,14H,2,8-9,11-13H2,1H3,(H,25,27)(H,23,24,26). The number of benzene rings is 1. The number of ether oxygens (including phenoxy) is 1. The minimum Gasteiger partial charge on any atom is -0.381 e. The van der Waals surface area contributed by atoms with Gasteiger partial charge in [-0.1, -0.05) is 36.7 Å². The van der Waals surface area contributed by atoms with Crippen molar-refractivity contribution < 1.29 is 14.3 Å². The Balaban J connectivity index is 1.65. The molecule has 2 aromatic rings. The molecule has 0 atom stereocenters. The monoisotopic (exact) mass is 401 g/mol. The lowest BCUT2D eigenvalue weighted by Gasteiger charge is -2.37. The molecule has 1 fully saturated rings. The number of nitrogens with one attached hydrogen (secondary N) is 2. The van der Waals surface area contributed by atoms with Crippen LogP contribution in [0.4, 0.5) is 5.69 Å². The van der Waals surface area contributed by atoms with E-state index in [4.69, 9.17) is 16.3 Å². The number of nitrogens with zero attached hydrogens (tertiary/aromatic N) is 1. The fourth-order valence-electron chi connectivity index (χ4n) is 3.29. The van der Waals surface area contributed by atoms with Crippen LogP contribution in [-0.2, 0) is 16.0 Å². The summed E-state index contributed by atoms with van der Waals surface area (Å²) in [7, 11) is 0. The molecule has 1 aliphatic heterocycles. The first-order valence-corrected chi connectivity index (χ1v) is 9.79. The predicted molar refractivity (Wildman–Crippen MR) is 109 cm³/mol. The molecule has 148 valence electrons. The second-order valence-corrected chi connectivity index (χ2v) is 7.35. The molecule has 0 spiro atoms. The van der Waals surface area contributed by atoms with E-state index in [1.165, 1.54) is 6.20 Å². The van der Waals surface area contributed by atoms with Gasteiger partial charge in [0.15, 0.2) is 0 Å². The maximum atomic E-state index is 12.7. The molecule has 1 aliphatic rings. The fraction of sp³-hybridized carbons (Fsp3) is 0.381. The molecule has 2 heterocycles. The molecule has 1 saturated heterocycles. The number of rotatable bonds is 6. The average Bonchev–Trinajstić information content (AvgIpc) is 2.70. The summed E-state index contributed by atoms with van der Waals surface area (Å²) in [5, 5.41) is 6.47. The van der Waals surface area contributed by atoms with E-state index in [2.05, 4.69) is 22.5 Å². The second kappa shape index (κ2) is 9.17. The molecule has 0 aliphatic carbocycles. The minimum atomic E-state index is -0.264. The molecule has 2 N–H and O–H groups in total. The van der Waals surface area contributed by atoms with E-state index in [-0.39, 0.29) is 29.5 Å². The topological polar surface area (TPSA) is 80.3 Å². The molecule has 0 bridgehead atoms. The Morgan fingerprint density at radius 1 is 1.21 bits per heavy atom. The number of carbonyl (C=O) groups excluding carboxylic acids is 2. The molecule has 1 aromatic heterocycles. The van der Waals surface area contributed by atoms with E-state index in [0.717, 1.165) is 24.8 Å². The maximum Gasteiger partial charge on any atom is 0.270 e. The highest BCUT2D eigenvalue weighted by Crippen LogP contribution is 2.25. The largest absolute Gasteiger partial charge is 0.381 e. The van der Waals surface area contributed by atoms with Crippen LogP contribution in [0.25, 0.3) is 0 Å². The predicted octanol–water partition coefficient (Wildman–Crippen LogP) is 3.61. The van der Waals surface area contributed by atoms with Gasteiger partial charge in [0.25, 0.3) is 5.91 Å². The van der Waals surface area contributed by atoms with E-state index >= 15 is 0 Å². The zero-order valence-electron chi connectivity index (χ0n) is 15.8. The normalized spacial score (nSPS) is 15.6. The van der Waals surface area contributed by atoms with Crippen molar-refractivity contribution in [3.8, 4) is 0 Å². The van der Waals surface area contributed by atoms with Crippen LogP contribution in [0.2, 0.25) is 5.02 Å². The van der Waals surface area contributed by atoms with Gasteiger partial charge < -0.3 is 15.4 Å². The summed E-state index contributed by atoms with van der Waals surface area (Å²) in [6.45, 7) is 3.34. The van der Waals surface area contributed by atoms with Gasteiger partial charge in [-0.2, -0.15) is 0 Å². The van der Waals surface area contributed by atoms with E-state index in [1.807, 2.05) is 18.2 Å². The number of carbonyl (C=O) groups is 2. The quantitative estimate of drug-likeness (QED) is 0.774. The van der Waals surface area contributed by atoms with Crippen molar-refractivity contribution in [1.82, 2.24) is 10.3 Å². The highest BCUT2D eigenvalue weighted by atomic mass is 35.5. The summed E-state index contributed by atoms with van der Waals surface area (Å²) in [5.74, 6) is -0.453. The van der Waals surface area contributed by atoms with E-state index < -0.39 is 0 Å². The van der Waals surface area contributed by atoms with Crippen molar-refractivity contribution in [3.63, 3.8) is 0 Å². The summed E-state index contributed by atoms with van der Waals surface area (Å²) in [4.78, 5) is 29.2. The first-order chi connectivity index (χ1) is 13.5. The van der Waals surface area contributed by atoms with Gasteiger partial charge in [-0.15, -0.1) is 0 Å². The molecule has 0 unspecified atom stereocenters. The lowest BCUT2D eigenvalue weighted by Crippen LogP contribution is -2.51. The van der Waals surface area contributed by atoms with Crippen molar-refractivity contribution in [3.05, 3.63) is 58.9 Å². The van der Waals surface area contributed by atoms with Crippen LogP contribution in [-0.4, -0.2) is 35.6 Å². The molecule has 1 aromatic carbocycles. The number of anilines is 1. The molecule has 6 nitrogen and oxygen atoms in total. The van der Waals surface area contributed by atoms with Gasteiger partial charge >= 0.3 is 0 Å². The fourth-order valence-corrected chi connectivity index (χ4v) is 3.49. The van der Waals surface area contributed by atoms with E-state index in [9.17, 15) is 9.59 Å². The van der Waals surface area contributed by atoms with Crippen LogP contribution in [0.1, 0.15) is 42.2 Å². The second-order valence-electron chi connectivity index (χ2n) is 6.95. The lowest BCUT2D eigenvalue weighted by molar-refractivity contribution is -0.115. The average molecular weight is 402 g/mol. The van der Waals surface area contributed by atoms with Crippen molar-refractivity contribution in [1.29, 1.82) is 0 Å². The van der Waals surface area contributed by atoms with Crippen LogP contribution in [0.15, 0.2) is 42.6 Å². The summed E-state index contributed by atoms with van der Waals surface area (Å²) in [6, 6.07) is 10.5. The van der Waals surface area contributed by atoms with Crippen molar-refractivity contribution >= 4 is 29.1 Å². The van der Waals surface area contributed by atoms with Crippen molar-refractivity contribution in [2.45, 2.75) is 38.1 Å². The molecule has 0 radical (unpaired) electrons. The number of hydrogen-bond donors (Lipinski definition) is 2. The summed E-state index contributed by atoms with van der Waals surface area (Å²) < 4.78 is 5.41. The first kappa shape index (κ1) is 20.3. The van der Waals surface area contributed by atoms with Gasteiger partial charge in [-0.3, -0.25) is 14.6 Å². The smallest absolute Gasteiger partial charge is 0.270 e. The third-order valence-corrected chi connectivity index (χ3v) is 5.46. The van der Waals surface area contributed by atoms with Gasteiger partial charge in [0.1, 0.15) is 5.69 Å². The number of aromatic nitrogens is 1. The summed E-state index contributed by atoms with van der Waals surface area (Å²) >= 11 is 6.11. The summed E-state index contributed by atoms with van der Waals surface area (Å²) in [5.41, 5.74) is 1.28. The molecule has 7 heteroatoms. The highest BCUT2D eigenvalue weighted by Gasteiger charge is 2.32. The SMILES string of the molecule is CCC1(NC(=O)c2cc(NC(=O)Cc3ccccc3Cl)ccn2)CCOCC1. The third kappa shape index (κ3) is 5.09. The molecule has 3 rings (SSSR count). The Kier molecular flexibility index (Phi) is 6.65. The zero-order chi connectivity index (χ0) is 20.0. The first-order valence-electron chi connectivity index (χ1n) is 9.41. The Morgan fingerprint density at radius 3 is 2.68 bits per heavy atom. The van der Waals surface area contributed by atoms with Gasteiger partial charge in [-0.25, -0.2) is 0 Å². The van der Waals surface area contributed by atoms with Gasteiger partial charge in [-0.05, 0) is 43.0 Å². The Hall–Kier alpha value is -2.44. The zero-order valence-corrected chi connectivity index (χ0v) is 16.6. The van der Waals surface area contributed by atoms with Crippen LogP contribution < -0.4 is 10.6 Å². The third-order valence-electron chi connectivity index (χ3n) is 5.09. The molecule has 2 amide bonds. The van der Waals surface area contributed by atoms with Gasteiger partial charge in [0.2, 0.25) is 5.91 Å². The molecular formula is C21H24ClN3O3. The number of hydrogen-bond acceptors (Lipinski definition) is 4. The Bertz CT molecular complexity index is 850. The van der Waals surface area contributed by atoms with Crippen LogP contribution in [0.3, 0.4) is 0 Å². The van der Waals surface area contributed by atoms with Gasteiger partial charge in [0, 0.05) is 35.7 Å². The lowest BCUT2D eigenvalue weighted by atomic mass is 9.87. The van der Waals surface area contributed by atoms with Crippen molar-refractivity contribution in [2.75, 3.05) is 18.5 Å². The molecule has 0 saturated carbocycles. The van der Waals surface area contributed by atoms with Crippen LogP contribution >= 0.6 is 11.6 Å². The van der Waals surface area contributed by atoms with Crippen molar-refractivity contribution in [2.24, 2.45) is 0 Å². The number of amides is 2. The Labute approximate surface area is 169 Å². The van der Waals surface area contributed by atoms with E-state index in [1.54, 1.807) is 18.2 Å². The van der Waals surface area contributed by atoms with Crippen LogP contribution in [0.5, 0.6) is 0 Å².